The van der Waals surface area contributed by atoms with Crippen molar-refractivity contribution >= 4 is 27.5 Å². The summed E-state index contributed by atoms with van der Waals surface area (Å²) in [5, 5.41) is 0.585. The molecule has 0 aliphatic carbocycles. The zero-order chi connectivity index (χ0) is 18.8. The van der Waals surface area contributed by atoms with Gasteiger partial charge in [0.1, 0.15) is 11.4 Å². The van der Waals surface area contributed by atoms with E-state index in [1.54, 1.807) is 12.0 Å². The molecule has 2 aromatic heterocycles. The Hall–Kier alpha value is -1.97. The number of fused-ring (bicyclic) bond motifs is 3. The number of thiophene rings is 1. The Morgan fingerprint density at radius 2 is 2.08 bits per heavy atom. The molecule has 3 rings (SSSR count). The first-order valence-corrected chi connectivity index (χ1v) is 9.39. The molecule has 0 aromatic carbocycles. The first-order valence-electron chi connectivity index (χ1n) is 8.57. The normalized spacial score (nSPS) is 14.2. The van der Waals surface area contributed by atoms with Crippen LogP contribution in [0.15, 0.2) is 9.59 Å². The van der Waals surface area contributed by atoms with E-state index in [0.717, 1.165) is 10.4 Å². The van der Waals surface area contributed by atoms with E-state index in [-0.39, 0.29) is 24.1 Å². The molecule has 142 valence electrons. The van der Waals surface area contributed by atoms with E-state index in [0.29, 0.717) is 42.9 Å². The van der Waals surface area contributed by atoms with Crippen molar-refractivity contribution in [3.8, 4) is 0 Å². The van der Waals surface area contributed by atoms with Gasteiger partial charge in [0.25, 0.3) is 5.56 Å². The molecule has 0 saturated heterocycles. The number of methoxy groups -OCH3 is 1. The van der Waals surface area contributed by atoms with E-state index in [1.165, 1.54) is 15.9 Å². The van der Waals surface area contributed by atoms with Gasteiger partial charge < -0.3 is 14.4 Å². The molecule has 0 bridgehead atoms. The number of aromatic amines is 1. The van der Waals surface area contributed by atoms with Gasteiger partial charge in [0, 0.05) is 24.6 Å². The highest BCUT2D eigenvalue weighted by Crippen LogP contribution is 2.32. The van der Waals surface area contributed by atoms with Gasteiger partial charge in [-0.3, -0.25) is 19.1 Å². The summed E-state index contributed by atoms with van der Waals surface area (Å²) in [6.45, 7) is 5.43. The molecule has 1 N–H and O–H groups in total. The fourth-order valence-electron chi connectivity index (χ4n) is 3.16. The minimum Gasteiger partial charge on any atom is -0.382 e. The van der Waals surface area contributed by atoms with Crippen LogP contribution in [0.3, 0.4) is 0 Å². The number of rotatable bonds is 6. The van der Waals surface area contributed by atoms with Crippen LogP contribution in [0.25, 0.3) is 10.2 Å². The van der Waals surface area contributed by atoms with Crippen LogP contribution in [0.1, 0.15) is 30.3 Å². The number of H-pyrrole nitrogens is 1. The molecule has 1 aliphatic rings. The van der Waals surface area contributed by atoms with Crippen molar-refractivity contribution in [2.24, 2.45) is 0 Å². The molecular weight excluding hydrogens is 358 g/mol. The summed E-state index contributed by atoms with van der Waals surface area (Å²) in [5.74, 6) is -0.0858. The number of amides is 1. The third-order valence-corrected chi connectivity index (χ3v) is 5.59. The van der Waals surface area contributed by atoms with Gasteiger partial charge in [-0.15, -0.1) is 11.3 Å². The van der Waals surface area contributed by atoms with Crippen LogP contribution in [0, 0.1) is 0 Å². The number of ether oxygens (including phenoxy) is 2. The number of nitrogens with one attached hydrogen (secondary N) is 1. The topological polar surface area (TPSA) is 93.6 Å². The first-order chi connectivity index (χ1) is 12.4. The number of nitrogens with zero attached hydrogens (tertiary/aromatic N) is 2. The van der Waals surface area contributed by atoms with Crippen LogP contribution in [-0.4, -0.2) is 53.8 Å². The lowest BCUT2D eigenvalue weighted by atomic mass is 10.1. The Bertz CT molecular complexity index is 927. The zero-order valence-electron chi connectivity index (χ0n) is 15.2. The summed E-state index contributed by atoms with van der Waals surface area (Å²) in [6, 6.07) is -0.211. The van der Waals surface area contributed by atoms with E-state index >= 15 is 0 Å². The Morgan fingerprint density at radius 1 is 1.31 bits per heavy atom. The average molecular weight is 381 g/mol. The van der Waals surface area contributed by atoms with Crippen LogP contribution in [0.5, 0.6) is 0 Å². The lowest BCUT2D eigenvalue weighted by Gasteiger charge is -2.26. The lowest BCUT2D eigenvalue weighted by Crippen LogP contribution is -2.39. The van der Waals surface area contributed by atoms with Gasteiger partial charge in [0.05, 0.1) is 25.1 Å². The number of carbonyl (C=O) groups excluding carboxylic acids is 1. The molecule has 2 aromatic rings. The number of aromatic nitrogens is 2. The van der Waals surface area contributed by atoms with Crippen molar-refractivity contribution in [3.63, 3.8) is 0 Å². The largest absolute Gasteiger partial charge is 0.382 e. The smallest absolute Gasteiger partial charge is 0.329 e. The van der Waals surface area contributed by atoms with Crippen molar-refractivity contribution in [2.75, 3.05) is 33.5 Å². The van der Waals surface area contributed by atoms with Crippen LogP contribution >= 0.6 is 11.3 Å². The highest BCUT2D eigenvalue weighted by atomic mass is 32.1. The second-order valence-corrected chi connectivity index (χ2v) is 7.62. The quantitative estimate of drug-likeness (QED) is 0.750. The lowest BCUT2D eigenvalue weighted by molar-refractivity contribution is -0.137. The van der Waals surface area contributed by atoms with Gasteiger partial charge in [-0.25, -0.2) is 4.79 Å². The maximum absolute atomic E-state index is 12.8. The van der Waals surface area contributed by atoms with Crippen LogP contribution in [0.2, 0.25) is 0 Å². The van der Waals surface area contributed by atoms with Crippen LogP contribution in [0.4, 0.5) is 0 Å². The summed E-state index contributed by atoms with van der Waals surface area (Å²) in [4.78, 5) is 43.3. The van der Waals surface area contributed by atoms with Crippen LogP contribution in [-0.2, 0) is 27.2 Å². The van der Waals surface area contributed by atoms with E-state index in [2.05, 4.69) is 4.98 Å². The molecule has 0 unspecified atom stereocenters. The minimum atomic E-state index is -0.393. The molecule has 3 heterocycles. The third-order valence-electron chi connectivity index (χ3n) is 4.46. The van der Waals surface area contributed by atoms with Crippen molar-refractivity contribution < 1.29 is 14.3 Å². The van der Waals surface area contributed by atoms with E-state index in [1.807, 2.05) is 13.8 Å². The van der Waals surface area contributed by atoms with Crippen molar-refractivity contribution in [2.45, 2.75) is 32.9 Å². The summed E-state index contributed by atoms with van der Waals surface area (Å²) < 4.78 is 11.4. The maximum atomic E-state index is 12.8. The Morgan fingerprint density at radius 3 is 2.77 bits per heavy atom. The highest BCUT2D eigenvalue weighted by Gasteiger charge is 2.27. The van der Waals surface area contributed by atoms with E-state index < -0.39 is 5.69 Å². The van der Waals surface area contributed by atoms with Crippen molar-refractivity contribution in [3.05, 3.63) is 31.3 Å². The van der Waals surface area contributed by atoms with Crippen LogP contribution < -0.4 is 11.2 Å². The SMILES string of the molecule is COCCOCC(=O)N1CCc2c(sc3[nH]c(=O)n(C(C)C)c(=O)c23)C1. The average Bonchev–Trinajstić information content (AvgIpc) is 2.95. The molecule has 0 spiro atoms. The second kappa shape index (κ2) is 7.73. The monoisotopic (exact) mass is 381 g/mol. The molecular formula is C17H23N3O5S. The van der Waals surface area contributed by atoms with Gasteiger partial charge >= 0.3 is 5.69 Å². The van der Waals surface area contributed by atoms with E-state index in [9.17, 15) is 14.4 Å². The molecule has 0 radical (unpaired) electrons. The van der Waals surface area contributed by atoms with Gasteiger partial charge in [-0.2, -0.15) is 0 Å². The second-order valence-electron chi connectivity index (χ2n) is 6.52. The summed E-state index contributed by atoms with van der Waals surface area (Å²) in [6.07, 6.45) is 0.596. The fraction of sp³-hybridized carbons (Fsp3) is 0.588. The third kappa shape index (κ3) is 3.46. The number of carbonyl (C=O) groups is 1. The molecule has 1 amide bonds. The highest BCUT2D eigenvalue weighted by molar-refractivity contribution is 7.18. The fourth-order valence-corrected chi connectivity index (χ4v) is 4.41. The minimum absolute atomic E-state index is 0.0145. The van der Waals surface area contributed by atoms with E-state index in [4.69, 9.17) is 9.47 Å². The molecule has 26 heavy (non-hydrogen) atoms. The predicted octanol–water partition coefficient (Wildman–Crippen LogP) is 0.880. The Labute approximate surface area is 154 Å². The van der Waals surface area contributed by atoms with Gasteiger partial charge in [0.2, 0.25) is 5.91 Å². The molecule has 0 fully saturated rings. The van der Waals surface area contributed by atoms with Crippen molar-refractivity contribution in [1.82, 2.24) is 14.5 Å². The number of hydrogen-bond acceptors (Lipinski definition) is 6. The standard InChI is InChI=1S/C17H23N3O5S/c1-10(2)20-16(22)14-11-4-5-19(13(21)9-25-7-6-24-3)8-12(11)26-15(14)18-17(20)23/h10H,4-9H2,1-3H3,(H,18,23). The molecule has 9 heteroatoms. The number of hydrogen-bond donors (Lipinski definition) is 1. The zero-order valence-corrected chi connectivity index (χ0v) is 16.0. The molecule has 0 saturated carbocycles. The van der Waals surface area contributed by atoms with Gasteiger partial charge in [-0.1, -0.05) is 0 Å². The first kappa shape index (κ1) is 18.8. The summed E-state index contributed by atoms with van der Waals surface area (Å²) in [7, 11) is 1.58. The van der Waals surface area contributed by atoms with Gasteiger partial charge in [-0.05, 0) is 25.8 Å². The predicted molar refractivity (Wildman–Crippen MR) is 98.9 cm³/mol. The summed E-state index contributed by atoms with van der Waals surface area (Å²) in [5.41, 5.74) is 0.305. The Balaban J connectivity index is 1.85. The van der Waals surface area contributed by atoms with Crippen molar-refractivity contribution in [1.29, 1.82) is 0 Å². The molecule has 1 aliphatic heterocycles. The maximum Gasteiger partial charge on any atom is 0.329 e. The Kier molecular flexibility index (Phi) is 5.59. The molecule has 0 atom stereocenters. The summed E-state index contributed by atoms with van der Waals surface area (Å²) >= 11 is 1.38. The molecule has 8 nitrogen and oxygen atoms in total. The van der Waals surface area contributed by atoms with Gasteiger partial charge in [0.15, 0.2) is 0 Å².